The lowest BCUT2D eigenvalue weighted by molar-refractivity contribution is 0.0951. The number of fused-ring (bicyclic) bond motifs is 2. The number of carbonyl (C=O) groups excluding carboxylic acids is 1. The van der Waals surface area contributed by atoms with Crippen LogP contribution in [0.4, 0.5) is 0 Å². The van der Waals surface area contributed by atoms with E-state index in [0.29, 0.717) is 30.3 Å². The van der Waals surface area contributed by atoms with Crippen molar-refractivity contribution in [2.45, 2.75) is 26.4 Å². The van der Waals surface area contributed by atoms with Gasteiger partial charge in [-0.05, 0) is 30.5 Å². The van der Waals surface area contributed by atoms with Crippen LogP contribution in [0.25, 0.3) is 10.9 Å². The predicted molar refractivity (Wildman–Crippen MR) is 92.1 cm³/mol. The third-order valence-electron chi connectivity index (χ3n) is 4.36. The van der Waals surface area contributed by atoms with Gasteiger partial charge < -0.3 is 4.74 Å². The van der Waals surface area contributed by atoms with E-state index < -0.39 is 0 Å². The van der Waals surface area contributed by atoms with Crippen molar-refractivity contribution in [1.29, 1.82) is 0 Å². The summed E-state index contributed by atoms with van der Waals surface area (Å²) in [5, 5.41) is 1.11. The van der Waals surface area contributed by atoms with Crippen molar-refractivity contribution in [2.75, 3.05) is 0 Å². The quantitative estimate of drug-likeness (QED) is 0.733. The summed E-state index contributed by atoms with van der Waals surface area (Å²) < 4.78 is 5.81. The Hall–Kier alpha value is -2.75. The van der Waals surface area contributed by atoms with Crippen LogP contribution in [0.5, 0.6) is 5.75 Å². The van der Waals surface area contributed by atoms with Crippen LogP contribution in [0.1, 0.15) is 35.1 Å². The van der Waals surface area contributed by atoms with Crippen LogP contribution in [0, 0.1) is 5.92 Å². The van der Waals surface area contributed by atoms with Crippen LogP contribution >= 0.6 is 0 Å². The summed E-state index contributed by atoms with van der Waals surface area (Å²) in [5.41, 5.74) is 3.39. The Kier molecular flexibility index (Phi) is 3.73. The molecule has 0 fully saturated rings. The van der Waals surface area contributed by atoms with Crippen LogP contribution in [-0.4, -0.2) is 15.8 Å². The zero-order valence-electron chi connectivity index (χ0n) is 13.5. The number of carbonyl (C=O) groups is 1. The molecule has 1 atom stereocenters. The zero-order valence-corrected chi connectivity index (χ0v) is 13.5. The third-order valence-corrected chi connectivity index (χ3v) is 4.36. The molecule has 0 spiro atoms. The standard InChI is InChI=1S/C20H18N2O2/c1-13-8-19-17(20(23)9-13)10-16(11-21-19)24-12-15-7-6-14-4-2-3-5-18(14)22-15/h2-7,10-11,13H,8-9,12H2,1H3. The normalized spacial score (nSPS) is 16.9. The molecule has 0 aliphatic heterocycles. The minimum absolute atomic E-state index is 0.158. The summed E-state index contributed by atoms with van der Waals surface area (Å²) in [7, 11) is 0. The second-order valence-corrected chi connectivity index (χ2v) is 6.39. The van der Waals surface area contributed by atoms with Crippen molar-refractivity contribution in [3.8, 4) is 5.75 Å². The Labute approximate surface area is 140 Å². The minimum Gasteiger partial charge on any atom is -0.486 e. The van der Waals surface area contributed by atoms with Crippen molar-refractivity contribution in [1.82, 2.24) is 9.97 Å². The Morgan fingerprint density at radius 1 is 1.17 bits per heavy atom. The maximum Gasteiger partial charge on any atom is 0.165 e. The fourth-order valence-electron chi connectivity index (χ4n) is 3.13. The van der Waals surface area contributed by atoms with Gasteiger partial charge >= 0.3 is 0 Å². The van der Waals surface area contributed by atoms with Crippen molar-refractivity contribution < 1.29 is 9.53 Å². The fraction of sp³-hybridized carbons (Fsp3) is 0.250. The van der Waals surface area contributed by atoms with E-state index in [1.54, 1.807) is 6.20 Å². The van der Waals surface area contributed by atoms with E-state index >= 15 is 0 Å². The highest BCUT2D eigenvalue weighted by Crippen LogP contribution is 2.26. The number of aromatic nitrogens is 2. The first-order chi connectivity index (χ1) is 11.7. The molecule has 2 aromatic heterocycles. The third kappa shape index (κ3) is 2.87. The monoisotopic (exact) mass is 318 g/mol. The predicted octanol–water partition coefficient (Wildman–Crippen LogP) is 3.97. The molecular weight excluding hydrogens is 300 g/mol. The van der Waals surface area contributed by atoms with Crippen LogP contribution in [0.15, 0.2) is 48.7 Å². The lowest BCUT2D eigenvalue weighted by atomic mass is 9.87. The largest absolute Gasteiger partial charge is 0.486 e. The summed E-state index contributed by atoms with van der Waals surface area (Å²) in [4.78, 5) is 21.2. The number of para-hydroxylation sites is 1. The van der Waals surface area contributed by atoms with Gasteiger partial charge in [-0.3, -0.25) is 9.78 Å². The van der Waals surface area contributed by atoms with Gasteiger partial charge in [-0.15, -0.1) is 0 Å². The second-order valence-electron chi connectivity index (χ2n) is 6.39. The number of ketones is 1. The van der Waals surface area contributed by atoms with E-state index in [2.05, 4.69) is 16.9 Å². The molecule has 0 radical (unpaired) electrons. The summed E-state index contributed by atoms with van der Waals surface area (Å²) >= 11 is 0. The summed E-state index contributed by atoms with van der Waals surface area (Å²) in [5.74, 6) is 1.14. The van der Waals surface area contributed by atoms with Gasteiger partial charge in [0, 0.05) is 17.4 Å². The Bertz CT molecular complexity index is 920. The number of hydrogen-bond donors (Lipinski definition) is 0. The lowest BCUT2D eigenvalue weighted by Gasteiger charge is -2.19. The average molecular weight is 318 g/mol. The molecule has 0 saturated carbocycles. The highest BCUT2D eigenvalue weighted by molar-refractivity contribution is 5.98. The maximum atomic E-state index is 12.2. The van der Waals surface area contributed by atoms with Crippen LogP contribution in [0.3, 0.4) is 0 Å². The molecule has 120 valence electrons. The van der Waals surface area contributed by atoms with Crippen molar-refractivity contribution in [3.63, 3.8) is 0 Å². The zero-order chi connectivity index (χ0) is 16.5. The van der Waals surface area contributed by atoms with Gasteiger partial charge in [0.1, 0.15) is 12.4 Å². The van der Waals surface area contributed by atoms with E-state index in [9.17, 15) is 4.79 Å². The highest BCUT2D eigenvalue weighted by Gasteiger charge is 2.23. The minimum atomic E-state index is 0.158. The number of ether oxygens (including phenoxy) is 1. The summed E-state index contributed by atoms with van der Waals surface area (Å²) in [6.07, 6.45) is 3.14. The Morgan fingerprint density at radius 3 is 2.96 bits per heavy atom. The number of hydrogen-bond acceptors (Lipinski definition) is 4. The molecule has 0 amide bonds. The van der Waals surface area contributed by atoms with Gasteiger partial charge in [-0.2, -0.15) is 0 Å². The van der Waals surface area contributed by atoms with Gasteiger partial charge in [-0.1, -0.05) is 31.2 Å². The molecule has 0 N–H and O–H groups in total. The summed E-state index contributed by atoms with van der Waals surface area (Å²) in [6, 6.07) is 13.8. The molecule has 3 aromatic rings. The molecule has 0 bridgehead atoms. The molecule has 1 unspecified atom stereocenters. The molecule has 4 heteroatoms. The smallest absolute Gasteiger partial charge is 0.165 e. The van der Waals surface area contributed by atoms with Crippen LogP contribution in [-0.2, 0) is 13.0 Å². The first-order valence-electron chi connectivity index (χ1n) is 8.18. The first kappa shape index (κ1) is 14.8. The molecule has 2 heterocycles. The van der Waals surface area contributed by atoms with Gasteiger partial charge in [0.25, 0.3) is 0 Å². The Morgan fingerprint density at radius 2 is 2.04 bits per heavy atom. The highest BCUT2D eigenvalue weighted by atomic mass is 16.5. The number of pyridine rings is 2. The Balaban J connectivity index is 1.53. The molecule has 0 saturated heterocycles. The SMILES string of the molecule is CC1CC(=O)c2cc(OCc3ccc4ccccc4n3)cnc2C1. The molecule has 4 rings (SSSR count). The van der Waals surface area contributed by atoms with E-state index in [4.69, 9.17) is 4.74 Å². The van der Waals surface area contributed by atoms with Crippen molar-refractivity contribution in [3.05, 3.63) is 65.6 Å². The summed E-state index contributed by atoms with van der Waals surface area (Å²) in [6.45, 7) is 2.44. The van der Waals surface area contributed by atoms with Gasteiger partial charge in [-0.25, -0.2) is 4.98 Å². The van der Waals surface area contributed by atoms with Gasteiger partial charge in [0.15, 0.2) is 5.78 Å². The number of rotatable bonds is 3. The van der Waals surface area contributed by atoms with E-state index in [0.717, 1.165) is 28.7 Å². The molecule has 1 aromatic carbocycles. The fourth-order valence-corrected chi connectivity index (χ4v) is 3.13. The van der Waals surface area contributed by atoms with E-state index in [1.165, 1.54) is 0 Å². The van der Waals surface area contributed by atoms with Gasteiger partial charge in [0.2, 0.25) is 0 Å². The topological polar surface area (TPSA) is 52.1 Å². The number of Topliss-reactive ketones (excluding diaryl/α,β-unsaturated/α-hetero) is 1. The average Bonchev–Trinajstić information content (AvgIpc) is 2.60. The first-order valence-corrected chi connectivity index (χ1v) is 8.18. The molecule has 1 aliphatic carbocycles. The molecular formula is C20H18N2O2. The lowest BCUT2D eigenvalue weighted by Crippen LogP contribution is -2.19. The second kappa shape index (κ2) is 6.04. The van der Waals surface area contributed by atoms with Crippen molar-refractivity contribution in [2.24, 2.45) is 5.92 Å². The maximum absolute atomic E-state index is 12.2. The molecule has 24 heavy (non-hydrogen) atoms. The molecule has 1 aliphatic rings. The van der Waals surface area contributed by atoms with Crippen molar-refractivity contribution >= 4 is 16.7 Å². The number of benzene rings is 1. The van der Waals surface area contributed by atoms with Crippen LogP contribution < -0.4 is 4.74 Å². The van der Waals surface area contributed by atoms with Crippen LogP contribution in [0.2, 0.25) is 0 Å². The number of nitrogens with zero attached hydrogens (tertiary/aromatic N) is 2. The van der Waals surface area contributed by atoms with Gasteiger partial charge in [0.05, 0.1) is 23.1 Å². The van der Waals surface area contributed by atoms with E-state index in [-0.39, 0.29) is 5.78 Å². The van der Waals surface area contributed by atoms with E-state index in [1.807, 2.05) is 42.5 Å². The molecule has 4 nitrogen and oxygen atoms in total.